The van der Waals surface area contributed by atoms with E-state index in [1.54, 1.807) is 12.4 Å². The molecule has 3 aromatic carbocycles. The Bertz CT molecular complexity index is 980. The fourth-order valence-electron chi connectivity index (χ4n) is 3.61. The zero-order valence-electron chi connectivity index (χ0n) is 15.6. The molecule has 0 saturated carbocycles. The van der Waals surface area contributed by atoms with Crippen LogP contribution in [0.3, 0.4) is 0 Å². The van der Waals surface area contributed by atoms with Crippen molar-refractivity contribution in [3.8, 4) is 0 Å². The molecule has 0 radical (unpaired) electrons. The number of hydrogen-bond donors (Lipinski definition) is 0. The molecule has 0 spiro atoms. The van der Waals surface area contributed by atoms with Crippen LogP contribution < -0.4 is 0 Å². The quantitative estimate of drug-likeness (QED) is 0.275. The lowest BCUT2D eigenvalue weighted by atomic mass is 9.77. The zero-order chi connectivity index (χ0) is 20.1. The lowest BCUT2D eigenvalue weighted by molar-refractivity contribution is 0.458. The lowest BCUT2D eigenvalue weighted by Crippen LogP contribution is -2.38. The van der Waals surface area contributed by atoms with Gasteiger partial charge in [-0.1, -0.05) is 91.0 Å². The first-order chi connectivity index (χ1) is 14.2. The van der Waals surface area contributed by atoms with Crippen LogP contribution in [-0.4, -0.2) is 19.8 Å². The summed E-state index contributed by atoms with van der Waals surface area (Å²) in [5, 5.41) is 3.48. The Labute approximate surface area is 177 Å². The maximum atomic E-state index is 13.2. The molecular formula is C24H19BrFN3. The van der Waals surface area contributed by atoms with Crippen molar-refractivity contribution in [2.45, 2.75) is 10.6 Å². The van der Waals surface area contributed by atoms with Crippen LogP contribution in [0.4, 0.5) is 4.39 Å². The molecule has 0 N–H and O–H groups in total. The van der Waals surface area contributed by atoms with Crippen LogP contribution in [0.25, 0.3) is 6.08 Å². The maximum Gasteiger partial charge on any atom is 0.173 e. The number of halogens is 2. The summed E-state index contributed by atoms with van der Waals surface area (Å²) in [6.07, 6.45) is 4.64. The van der Waals surface area contributed by atoms with Crippen LogP contribution >= 0.6 is 15.9 Å². The molecule has 4 aromatic rings. The Morgan fingerprint density at radius 1 is 0.793 bits per heavy atom. The SMILES string of the molecule is FC(Br)C=Cc1ncn(C(c2ccccc2)(c2ccccc2)c2ccccc2)n1. The van der Waals surface area contributed by atoms with E-state index in [2.05, 4.69) is 57.3 Å². The molecule has 144 valence electrons. The molecule has 1 unspecified atom stereocenters. The first kappa shape index (κ1) is 19.3. The summed E-state index contributed by atoms with van der Waals surface area (Å²) >= 11 is 2.87. The lowest BCUT2D eigenvalue weighted by Gasteiger charge is -2.35. The van der Waals surface area contributed by atoms with E-state index < -0.39 is 10.6 Å². The Balaban J connectivity index is 2.01. The Hall–Kier alpha value is -3.05. The molecule has 4 rings (SSSR count). The minimum absolute atomic E-state index is 0.444. The predicted molar refractivity (Wildman–Crippen MR) is 117 cm³/mol. The molecular weight excluding hydrogens is 429 g/mol. The van der Waals surface area contributed by atoms with E-state index in [1.807, 2.05) is 59.3 Å². The smallest absolute Gasteiger partial charge is 0.173 e. The van der Waals surface area contributed by atoms with Gasteiger partial charge in [0.2, 0.25) is 0 Å². The van der Waals surface area contributed by atoms with Gasteiger partial charge in [0.1, 0.15) is 11.9 Å². The van der Waals surface area contributed by atoms with Crippen molar-refractivity contribution in [1.29, 1.82) is 0 Å². The van der Waals surface area contributed by atoms with Gasteiger partial charge in [0.25, 0.3) is 0 Å². The number of aromatic nitrogens is 3. The van der Waals surface area contributed by atoms with Gasteiger partial charge >= 0.3 is 0 Å². The molecule has 1 atom stereocenters. The van der Waals surface area contributed by atoms with Crippen molar-refractivity contribution in [2.75, 3.05) is 0 Å². The van der Waals surface area contributed by atoms with Gasteiger partial charge in [-0.25, -0.2) is 14.1 Å². The van der Waals surface area contributed by atoms with E-state index in [1.165, 1.54) is 6.08 Å². The number of allylic oxidation sites excluding steroid dienone is 1. The Morgan fingerprint density at radius 3 is 1.66 bits per heavy atom. The number of alkyl halides is 2. The third-order valence-electron chi connectivity index (χ3n) is 4.82. The summed E-state index contributed by atoms with van der Waals surface area (Å²) in [6.45, 7) is 0. The highest BCUT2D eigenvalue weighted by Crippen LogP contribution is 2.40. The van der Waals surface area contributed by atoms with Gasteiger partial charge in [0.15, 0.2) is 10.9 Å². The molecule has 0 saturated heterocycles. The molecule has 0 bridgehead atoms. The van der Waals surface area contributed by atoms with Crippen LogP contribution in [0.1, 0.15) is 22.5 Å². The predicted octanol–water partition coefficient (Wildman–Crippen LogP) is 5.82. The maximum absolute atomic E-state index is 13.2. The zero-order valence-corrected chi connectivity index (χ0v) is 17.2. The fourth-order valence-corrected chi connectivity index (χ4v) is 3.76. The van der Waals surface area contributed by atoms with Gasteiger partial charge in [0, 0.05) is 0 Å². The van der Waals surface area contributed by atoms with Crippen molar-refractivity contribution in [2.24, 2.45) is 0 Å². The standard InChI is InChI=1S/C24H19BrFN3/c25-22(26)16-17-23-27-18-29(28-23)24(19-10-4-1-5-11-19,20-12-6-2-7-13-20)21-14-8-3-9-15-21/h1-18,22H. The van der Waals surface area contributed by atoms with Crippen molar-refractivity contribution in [3.63, 3.8) is 0 Å². The molecule has 1 aromatic heterocycles. The average molecular weight is 448 g/mol. The highest BCUT2D eigenvalue weighted by atomic mass is 79.9. The van der Waals surface area contributed by atoms with E-state index >= 15 is 0 Å². The van der Waals surface area contributed by atoms with Gasteiger partial charge in [-0.05, 0) is 44.8 Å². The molecule has 29 heavy (non-hydrogen) atoms. The molecule has 3 nitrogen and oxygen atoms in total. The van der Waals surface area contributed by atoms with E-state index in [9.17, 15) is 4.39 Å². The third-order valence-corrected chi connectivity index (χ3v) is 5.12. The van der Waals surface area contributed by atoms with Crippen molar-refractivity contribution in [1.82, 2.24) is 14.8 Å². The Morgan fingerprint density at radius 2 is 1.24 bits per heavy atom. The highest BCUT2D eigenvalue weighted by Gasteiger charge is 2.39. The van der Waals surface area contributed by atoms with Crippen molar-refractivity contribution >= 4 is 22.0 Å². The first-order valence-electron chi connectivity index (χ1n) is 9.26. The van der Waals surface area contributed by atoms with Gasteiger partial charge in [-0.3, -0.25) is 0 Å². The van der Waals surface area contributed by atoms with Crippen LogP contribution in [0.2, 0.25) is 0 Å². The summed E-state index contributed by atoms with van der Waals surface area (Å²) in [5.41, 5.74) is 2.46. The highest BCUT2D eigenvalue weighted by molar-refractivity contribution is 9.09. The first-order valence-corrected chi connectivity index (χ1v) is 10.2. The topological polar surface area (TPSA) is 30.7 Å². The monoisotopic (exact) mass is 447 g/mol. The van der Waals surface area contributed by atoms with E-state index in [0.29, 0.717) is 5.82 Å². The van der Waals surface area contributed by atoms with Gasteiger partial charge in [0.05, 0.1) is 0 Å². The second-order valence-corrected chi connectivity index (χ2v) is 7.42. The minimum Gasteiger partial charge on any atom is -0.233 e. The van der Waals surface area contributed by atoms with E-state index in [-0.39, 0.29) is 0 Å². The molecule has 5 heteroatoms. The number of nitrogens with zero attached hydrogens (tertiary/aromatic N) is 3. The summed E-state index contributed by atoms with van der Waals surface area (Å²) in [4.78, 5) is 4.41. The average Bonchev–Trinajstić information content (AvgIpc) is 3.24. The van der Waals surface area contributed by atoms with Crippen molar-refractivity contribution < 1.29 is 4.39 Å². The second-order valence-electron chi connectivity index (χ2n) is 6.55. The normalized spacial score (nSPS) is 12.9. The van der Waals surface area contributed by atoms with Crippen LogP contribution in [0.15, 0.2) is 103 Å². The fraction of sp³-hybridized carbons (Fsp3) is 0.0833. The van der Waals surface area contributed by atoms with Gasteiger partial charge in [-0.15, -0.1) is 0 Å². The van der Waals surface area contributed by atoms with Crippen LogP contribution in [0, 0.1) is 0 Å². The molecule has 0 aliphatic rings. The Kier molecular flexibility index (Phi) is 5.67. The van der Waals surface area contributed by atoms with E-state index in [4.69, 9.17) is 5.10 Å². The van der Waals surface area contributed by atoms with Gasteiger partial charge < -0.3 is 0 Å². The summed E-state index contributed by atoms with van der Waals surface area (Å²) in [6, 6.07) is 30.7. The second kappa shape index (κ2) is 8.53. The van der Waals surface area contributed by atoms with Crippen molar-refractivity contribution in [3.05, 3.63) is 126 Å². The van der Waals surface area contributed by atoms with Crippen LogP contribution in [0.5, 0.6) is 0 Å². The van der Waals surface area contributed by atoms with E-state index in [0.717, 1.165) is 16.7 Å². The summed E-state index contributed by atoms with van der Waals surface area (Å²) < 4.78 is 15.0. The summed E-state index contributed by atoms with van der Waals surface area (Å²) in [7, 11) is 0. The molecule has 1 heterocycles. The number of rotatable bonds is 6. The molecule has 0 aliphatic heterocycles. The largest absolute Gasteiger partial charge is 0.233 e. The molecule has 0 amide bonds. The number of benzene rings is 3. The minimum atomic E-state index is -1.24. The van der Waals surface area contributed by atoms with Gasteiger partial charge in [-0.2, -0.15) is 5.10 Å². The van der Waals surface area contributed by atoms with Crippen LogP contribution in [-0.2, 0) is 5.54 Å². The third kappa shape index (κ3) is 3.78. The number of hydrogen-bond acceptors (Lipinski definition) is 2. The summed E-state index contributed by atoms with van der Waals surface area (Å²) in [5.74, 6) is 0.444. The molecule has 0 aliphatic carbocycles. The molecule has 0 fully saturated rings.